The van der Waals surface area contributed by atoms with E-state index in [2.05, 4.69) is 35.9 Å². The molecule has 0 saturated carbocycles. The van der Waals surface area contributed by atoms with Crippen LogP contribution in [0.5, 0.6) is 0 Å². The molecule has 6 rings (SSSR count). The first kappa shape index (κ1) is 18.6. The zero-order valence-electron chi connectivity index (χ0n) is 17.0. The summed E-state index contributed by atoms with van der Waals surface area (Å²) in [5, 5.41) is 16.3. The summed E-state index contributed by atoms with van der Waals surface area (Å²) in [6.45, 7) is 3.61. The van der Waals surface area contributed by atoms with Gasteiger partial charge in [-0.1, -0.05) is 30.3 Å². The molecule has 3 saturated heterocycles. The Hall–Kier alpha value is -2.21. The molecule has 30 heavy (non-hydrogen) atoms. The number of hydrogen-bond acceptors (Lipinski definition) is 4. The minimum absolute atomic E-state index is 0.0762. The third kappa shape index (κ3) is 2.49. The van der Waals surface area contributed by atoms with Crippen LogP contribution >= 0.6 is 11.3 Å². The highest BCUT2D eigenvalue weighted by atomic mass is 32.1. The summed E-state index contributed by atoms with van der Waals surface area (Å²) in [5.41, 5.74) is 4.20. The number of aliphatic hydroxyl groups is 1. The third-order valence-electron chi connectivity index (χ3n) is 7.58. The molecule has 5 heteroatoms. The van der Waals surface area contributed by atoms with Gasteiger partial charge >= 0.3 is 0 Å². The molecule has 3 aliphatic rings. The highest BCUT2D eigenvalue weighted by Crippen LogP contribution is 2.54. The molecule has 0 unspecified atom stereocenters. The van der Waals surface area contributed by atoms with E-state index in [1.807, 2.05) is 23.1 Å². The van der Waals surface area contributed by atoms with E-state index in [0.717, 1.165) is 29.2 Å². The topological polar surface area (TPSA) is 49.8 Å². The molecule has 3 aromatic rings. The van der Waals surface area contributed by atoms with Crippen LogP contribution in [0.1, 0.15) is 28.8 Å². The summed E-state index contributed by atoms with van der Waals surface area (Å²) in [4.78, 5) is 15.6. The normalized spacial score (nSPS) is 29.7. The van der Waals surface area contributed by atoms with Gasteiger partial charge in [0.1, 0.15) is 0 Å². The summed E-state index contributed by atoms with van der Waals surface area (Å²) < 4.78 is 6.32. The Morgan fingerprint density at radius 1 is 1.20 bits per heavy atom. The number of ether oxygens (including phenoxy) is 1. The highest BCUT2D eigenvalue weighted by Gasteiger charge is 2.63. The van der Waals surface area contributed by atoms with Crippen molar-refractivity contribution in [1.82, 2.24) is 4.90 Å². The van der Waals surface area contributed by atoms with Gasteiger partial charge in [0, 0.05) is 30.6 Å². The molecule has 0 radical (unpaired) electrons. The predicted molar refractivity (Wildman–Crippen MR) is 119 cm³/mol. The molecule has 2 aromatic carbocycles. The van der Waals surface area contributed by atoms with Crippen LogP contribution in [0.3, 0.4) is 0 Å². The SMILES string of the molecule is Cc1cscc1-c1ccc(C(=O)N2C[C@H]3[C@@H](CO)[C@@H]4CC[C@@]3(C2)O4)c2ccccc12. The maximum atomic E-state index is 13.6. The number of likely N-dealkylation sites (tertiary alicyclic amines) is 1. The number of carbonyl (C=O) groups excluding carboxylic acids is 1. The van der Waals surface area contributed by atoms with Gasteiger partial charge in [-0.3, -0.25) is 4.79 Å². The number of carbonyl (C=O) groups is 1. The molecule has 1 aromatic heterocycles. The largest absolute Gasteiger partial charge is 0.396 e. The number of benzene rings is 2. The van der Waals surface area contributed by atoms with Gasteiger partial charge in [-0.2, -0.15) is 11.3 Å². The Bertz CT molecular complexity index is 1150. The lowest BCUT2D eigenvalue weighted by Gasteiger charge is -2.27. The lowest BCUT2D eigenvalue weighted by atomic mass is 9.74. The quantitative estimate of drug-likeness (QED) is 0.681. The monoisotopic (exact) mass is 419 g/mol. The first-order chi connectivity index (χ1) is 14.6. The fraction of sp³-hybridized carbons (Fsp3) is 0.400. The smallest absolute Gasteiger partial charge is 0.254 e. The van der Waals surface area contributed by atoms with Gasteiger partial charge in [-0.15, -0.1) is 0 Å². The maximum absolute atomic E-state index is 13.6. The highest BCUT2D eigenvalue weighted by molar-refractivity contribution is 7.08. The summed E-state index contributed by atoms with van der Waals surface area (Å²) in [5.74, 6) is 0.494. The zero-order chi connectivity index (χ0) is 20.5. The minimum Gasteiger partial charge on any atom is -0.396 e. The lowest BCUT2D eigenvalue weighted by Crippen LogP contribution is -2.38. The van der Waals surface area contributed by atoms with Crippen LogP contribution in [0, 0.1) is 18.8 Å². The first-order valence-electron chi connectivity index (χ1n) is 10.7. The molecule has 0 aliphatic carbocycles. The lowest BCUT2D eigenvalue weighted by molar-refractivity contribution is 0.00156. The van der Waals surface area contributed by atoms with Crippen molar-refractivity contribution < 1.29 is 14.6 Å². The van der Waals surface area contributed by atoms with Gasteiger partial charge < -0.3 is 14.7 Å². The summed E-state index contributed by atoms with van der Waals surface area (Å²) in [6.07, 6.45) is 2.17. The summed E-state index contributed by atoms with van der Waals surface area (Å²) in [6, 6.07) is 12.3. The molecular weight excluding hydrogens is 394 g/mol. The maximum Gasteiger partial charge on any atom is 0.254 e. The number of amides is 1. The Morgan fingerprint density at radius 2 is 2.03 bits per heavy atom. The van der Waals surface area contributed by atoms with E-state index in [9.17, 15) is 9.90 Å². The van der Waals surface area contributed by atoms with Gasteiger partial charge in [0.2, 0.25) is 0 Å². The van der Waals surface area contributed by atoms with Crippen molar-refractivity contribution in [2.75, 3.05) is 19.7 Å². The van der Waals surface area contributed by atoms with E-state index in [4.69, 9.17) is 4.74 Å². The second kappa shape index (κ2) is 6.64. The molecule has 3 fully saturated rings. The van der Waals surface area contributed by atoms with Gasteiger partial charge in [0.05, 0.1) is 18.2 Å². The van der Waals surface area contributed by atoms with Crippen LogP contribution < -0.4 is 0 Å². The van der Waals surface area contributed by atoms with Gasteiger partial charge in [0.25, 0.3) is 5.91 Å². The van der Waals surface area contributed by atoms with Crippen molar-refractivity contribution >= 4 is 28.0 Å². The van der Waals surface area contributed by atoms with E-state index in [1.165, 1.54) is 16.7 Å². The van der Waals surface area contributed by atoms with Gasteiger partial charge in [-0.05, 0) is 64.1 Å². The number of fused-ring (bicyclic) bond motifs is 2. The number of aliphatic hydroxyl groups excluding tert-OH is 1. The average molecular weight is 420 g/mol. The van der Waals surface area contributed by atoms with Gasteiger partial charge in [0.15, 0.2) is 0 Å². The first-order valence-corrected chi connectivity index (χ1v) is 11.7. The van der Waals surface area contributed by atoms with Crippen LogP contribution in [-0.4, -0.2) is 47.3 Å². The summed E-state index contributed by atoms with van der Waals surface area (Å²) >= 11 is 1.71. The minimum atomic E-state index is -0.239. The van der Waals surface area contributed by atoms with E-state index in [1.54, 1.807) is 11.3 Å². The predicted octanol–water partition coefficient (Wildman–Crippen LogP) is 4.49. The Kier molecular flexibility index (Phi) is 4.11. The fourth-order valence-electron chi connectivity index (χ4n) is 6.12. The number of rotatable bonds is 3. The standard InChI is InChI=1S/C25H25NO3S/c1-15-12-30-13-21(15)18-6-7-19(17-5-3-2-4-16(17)18)24(28)26-10-22-20(11-27)23-8-9-25(22,14-26)29-23/h2-7,12-13,20,22-23,27H,8-11,14H2,1H3/t20-,22+,23+,25+/m1/s1. The molecule has 1 spiro atoms. The van der Waals surface area contributed by atoms with Crippen molar-refractivity contribution in [3.63, 3.8) is 0 Å². The molecule has 4 heterocycles. The molecule has 3 aliphatic heterocycles. The van der Waals surface area contributed by atoms with E-state index in [0.29, 0.717) is 13.1 Å². The van der Waals surface area contributed by atoms with Crippen LogP contribution in [0.2, 0.25) is 0 Å². The number of aryl methyl sites for hydroxylation is 1. The average Bonchev–Trinajstić information content (AvgIpc) is 3.52. The second-order valence-corrected chi connectivity index (χ2v) is 9.82. The molecule has 4 nitrogen and oxygen atoms in total. The molecule has 1 N–H and O–H groups in total. The van der Waals surface area contributed by atoms with Crippen LogP contribution in [0.4, 0.5) is 0 Å². The van der Waals surface area contributed by atoms with Crippen LogP contribution in [0.15, 0.2) is 47.2 Å². The molecule has 154 valence electrons. The third-order valence-corrected chi connectivity index (χ3v) is 8.44. The van der Waals surface area contributed by atoms with Crippen LogP contribution in [0.25, 0.3) is 21.9 Å². The Labute approximate surface area is 180 Å². The number of thiophene rings is 1. The number of hydrogen-bond donors (Lipinski definition) is 1. The van der Waals surface area contributed by atoms with Crippen molar-refractivity contribution in [1.29, 1.82) is 0 Å². The molecule has 1 amide bonds. The number of nitrogens with zero attached hydrogens (tertiary/aromatic N) is 1. The summed E-state index contributed by atoms with van der Waals surface area (Å²) in [7, 11) is 0. The van der Waals surface area contributed by atoms with Crippen molar-refractivity contribution in [2.45, 2.75) is 31.5 Å². The zero-order valence-corrected chi connectivity index (χ0v) is 17.8. The van der Waals surface area contributed by atoms with Crippen molar-refractivity contribution in [3.8, 4) is 11.1 Å². The Morgan fingerprint density at radius 3 is 2.80 bits per heavy atom. The second-order valence-electron chi connectivity index (χ2n) is 9.07. The van der Waals surface area contributed by atoms with Crippen molar-refractivity contribution in [3.05, 3.63) is 58.3 Å². The Balaban J connectivity index is 1.39. The van der Waals surface area contributed by atoms with Crippen LogP contribution in [-0.2, 0) is 4.74 Å². The van der Waals surface area contributed by atoms with Crippen molar-refractivity contribution in [2.24, 2.45) is 11.8 Å². The fourth-order valence-corrected chi connectivity index (χ4v) is 6.96. The molecule has 2 bridgehead atoms. The van der Waals surface area contributed by atoms with E-state index in [-0.39, 0.29) is 36.1 Å². The van der Waals surface area contributed by atoms with E-state index < -0.39 is 0 Å². The van der Waals surface area contributed by atoms with E-state index >= 15 is 0 Å². The van der Waals surface area contributed by atoms with Gasteiger partial charge in [-0.25, -0.2) is 0 Å². The molecule has 4 atom stereocenters. The molecular formula is C25H25NO3S.